The van der Waals surface area contributed by atoms with E-state index in [4.69, 9.17) is 5.11 Å². The molecule has 0 aliphatic heterocycles. The number of aliphatic carboxylic acids is 1. The number of allylic oxidation sites excluding steroid dienone is 9. The molecule has 0 aromatic carbocycles. The second kappa shape index (κ2) is 19.4. The number of carboxylic acid groups (broad SMARTS) is 1. The first-order valence-electron chi connectivity index (χ1n) is 10.6. The Kier molecular flexibility index (Phi) is 18.4. The van der Waals surface area contributed by atoms with Crippen molar-refractivity contribution in [3.63, 3.8) is 0 Å². The van der Waals surface area contributed by atoms with Crippen molar-refractivity contribution in [1.29, 1.82) is 0 Å². The molecule has 0 heterocycles. The zero-order valence-corrected chi connectivity index (χ0v) is 19.7. The maximum absolute atomic E-state index is 11.7. The molecule has 1 atom stereocenters. The lowest BCUT2D eigenvalue weighted by Gasteiger charge is -2.09. The van der Waals surface area contributed by atoms with Crippen LogP contribution in [0.4, 0.5) is 0 Å². The van der Waals surface area contributed by atoms with Gasteiger partial charge in [0.25, 0.3) is 0 Å². The third-order valence-corrected chi connectivity index (χ3v) is 5.68. The van der Waals surface area contributed by atoms with Crippen LogP contribution in [0, 0.1) is 0 Å². The van der Waals surface area contributed by atoms with Gasteiger partial charge in [-0.3, -0.25) is 4.79 Å². The van der Waals surface area contributed by atoms with Gasteiger partial charge in [0, 0.05) is 11.2 Å². The number of hydrogen-bond acceptors (Lipinski definition) is 4. The number of sulfonamides is 1. The molecule has 7 heteroatoms. The summed E-state index contributed by atoms with van der Waals surface area (Å²) in [5.74, 6) is -1.39. The first-order chi connectivity index (χ1) is 14.4. The summed E-state index contributed by atoms with van der Waals surface area (Å²) >= 11 is 3.81. The van der Waals surface area contributed by atoms with Gasteiger partial charge in [-0.2, -0.15) is 17.4 Å². The van der Waals surface area contributed by atoms with Gasteiger partial charge >= 0.3 is 5.97 Å². The van der Waals surface area contributed by atoms with Crippen molar-refractivity contribution >= 4 is 28.6 Å². The fraction of sp³-hybridized carbons (Fsp3) is 0.522. The number of rotatable bonds is 18. The molecule has 0 rings (SSSR count). The lowest BCUT2D eigenvalue weighted by Crippen LogP contribution is -2.41. The van der Waals surface area contributed by atoms with E-state index in [1.807, 2.05) is 29.0 Å². The Morgan fingerprint density at radius 2 is 1.37 bits per heavy atom. The van der Waals surface area contributed by atoms with Crippen molar-refractivity contribution in [3.8, 4) is 0 Å². The van der Waals surface area contributed by atoms with E-state index in [1.165, 1.54) is 57.4 Å². The standard InChI is InChI=1S/C23H37NO4S2/c1-2-3-4-5-6-7-8-9-10-11-12-13-14-15-16-17-18-19-20-30(27,28)24-22(21-29)23(25)26/h11-20,22,24,29H,2-10,21H2,1H3,(H,25,26)/t22-/m0/s1. The number of carbonyl (C=O) groups is 1. The van der Waals surface area contributed by atoms with Crippen LogP contribution < -0.4 is 4.72 Å². The summed E-state index contributed by atoms with van der Waals surface area (Å²) in [6.07, 6.45) is 28.0. The quantitative estimate of drug-likeness (QED) is 0.144. The van der Waals surface area contributed by atoms with E-state index in [0.29, 0.717) is 0 Å². The molecule has 0 saturated heterocycles. The van der Waals surface area contributed by atoms with E-state index in [-0.39, 0.29) is 5.75 Å². The minimum atomic E-state index is -3.82. The molecule has 0 aliphatic carbocycles. The van der Waals surface area contributed by atoms with Crippen molar-refractivity contribution in [1.82, 2.24) is 4.72 Å². The van der Waals surface area contributed by atoms with Gasteiger partial charge in [-0.15, -0.1) is 0 Å². The van der Waals surface area contributed by atoms with E-state index < -0.39 is 22.0 Å². The topological polar surface area (TPSA) is 83.5 Å². The van der Waals surface area contributed by atoms with Crippen molar-refractivity contribution in [2.24, 2.45) is 0 Å². The molecule has 0 radical (unpaired) electrons. The molecule has 0 aliphatic rings. The Balaban J connectivity index is 3.94. The fourth-order valence-corrected chi connectivity index (χ4v) is 3.84. The summed E-state index contributed by atoms with van der Waals surface area (Å²) in [6, 6.07) is -1.25. The summed E-state index contributed by atoms with van der Waals surface area (Å²) in [4.78, 5) is 10.8. The highest BCUT2D eigenvalue weighted by Crippen LogP contribution is 2.09. The van der Waals surface area contributed by atoms with Crippen LogP contribution in [0.25, 0.3) is 0 Å². The second-order valence-electron chi connectivity index (χ2n) is 6.91. The van der Waals surface area contributed by atoms with E-state index >= 15 is 0 Å². The summed E-state index contributed by atoms with van der Waals surface area (Å²) < 4.78 is 25.5. The van der Waals surface area contributed by atoms with Crippen LogP contribution in [-0.2, 0) is 14.8 Å². The molecule has 5 nitrogen and oxygen atoms in total. The predicted molar refractivity (Wildman–Crippen MR) is 130 cm³/mol. The zero-order chi connectivity index (χ0) is 22.5. The minimum absolute atomic E-state index is 0.124. The lowest BCUT2D eigenvalue weighted by molar-refractivity contribution is -0.138. The lowest BCUT2D eigenvalue weighted by atomic mass is 10.1. The Morgan fingerprint density at radius 3 is 1.90 bits per heavy atom. The van der Waals surface area contributed by atoms with Crippen molar-refractivity contribution < 1.29 is 18.3 Å². The molecule has 0 aromatic rings. The van der Waals surface area contributed by atoms with Gasteiger partial charge in [-0.05, 0) is 18.9 Å². The van der Waals surface area contributed by atoms with Crippen LogP contribution in [-0.4, -0.2) is 31.3 Å². The van der Waals surface area contributed by atoms with Gasteiger partial charge in [0.2, 0.25) is 10.0 Å². The Labute approximate surface area is 188 Å². The zero-order valence-electron chi connectivity index (χ0n) is 17.9. The van der Waals surface area contributed by atoms with Gasteiger partial charge in [0.1, 0.15) is 6.04 Å². The molecule has 0 aromatic heterocycles. The summed E-state index contributed by atoms with van der Waals surface area (Å²) in [5, 5.41) is 9.75. The van der Waals surface area contributed by atoms with Crippen LogP contribution in [0.2, 0.25) is 0 Å². The van der Waals surface area contributed by atoms with Crippen LogP contribution in [0.5, 0.6) is 0 Å². The molecule has 2 N–H and O–H groups in total. The van der Waals surface area contributed by atoms with E-state index in [1.54, 1.807) is 18.2 Å². The monoisotopic (exact) mass is 455 g/mol. The highest BCUT2D eigenvalue weighted by molar-refractivity contribution is 7.92. The number of unbranched alkanes of at least 4 members (excludes halogenated alkanes) is 8. The van der Waals surface area contributed by atoms with Crippen molar-refractivity contribution in [2.45, 2.75) is 70.8 Å². The fourth-order valence-electron chi connectivity index (χ4n) is 2.51. The molecule has 0 bridgehead atoms. The molecule has 0 spiro atoms. The van der Waals surface area contributed by atoms with Crippen molar-refractivity contribution in [2.75, 3.05) is 5.75 Å². The SMILES string of the molecule is CCCCCCCCCCC=CC=CC=CC=CC=CS(=O)(=O)N[C@@H](CS)C(=O)O. The van der Waals surface area contributed by atoms with Gasteiger partial charge < -0.3 is 5.11 Å². The van der Waals surface area contributed by atoms with Gasteiger partial charge in [0.15, 0.2) is 0 Å². The van der Waals surface area contributed by atoms with Crippen LogP contribution in [0.3, 0.4) is 0 Å². The van der Waals surface area contributed by atoms with Crippen molar-refractivity contribution in [3.05, 3.63) is 60.1 Å². The highest BCUT2D eigenvalue weighted by atomic mass is 32.2. The summed E-state index contributed by atoms with van der Waals surface area (Å²) in [7, 11) is -3.82. The van der Waals surface area contributed by atoms with Crippen LogP contribution in [0.1, 0.15) is 64.7 Å². The van der Waals surface area contributed by atoms with E-state index in [0.717, 1.165) is 11.8 Å². The Bertz CT molecular complexity index is 692. The van der Waals surface area contributed by atoms with E-state index in [2.05, 4.69) is 25.6 Å². The molecule has 0 amide bonds. The minimum Gasteiger partial charge on any atom is -0.480 e. The predicted octanol–water partition coefficient (Wildman–Crippen LogP) is 5.56. The number of thiol groups is 1. The van der Waals surface area contributed by atoms with Crippen LogP contribution >= 0.6 is 12.6 Å². The number of carboxylic acids is 1. The van der Waals surface area contributed by atoms with E-state index in [9.17, 15) is 13.2 Å². The molecule has 170 valence electrons. The average Bonchev–Trinajstić information content (AvgIpc) is 2.71. The smallest absolute Gasteiger partial charge is 0.322 e. The van der Waals surface area contributed by atoms with Gasteiger partial charge in [0.05, 0.1) is 0 Å². The first kappa shape index (κ1) is 28.4. The molecule has 30 heavy (non-hydrogen) atoms. The normalized spacial score (nSPS) is 14.2. The third-order valence-electron chi connectivity index (χ3n) is 4.18. The molecular formula is C23H37NO4S2. The van der Waals surface area contributed by atoms with Gasteiger partial charge in [-0.25, -0.2) is 8.42 Å². The molecule has 0 fully saturated rings. The largest absolute Gasteiger partial charge is 0.480 e. The van der Waals surface area contributed by atoms with Gasteiger partial charge in [-0.1, -0.05) is 100 Å². The molecule has 0 unspecified atom stereocenters. The highest BCUT2D eigenvalue weighted by Gasteiger charge is 2.20. The number of nitrogens with one attached hydrogen (secondary N) is 1. The second-order valence-corrected chi connectivity index (χ2v) is 8.87. The van der Waals surface area contributed by atoms with Crippen LogP contribution in [0.15, 0.2) is 60.1 Å². The summed E-state index contributed by atoms with van der Waals surface area (Å²) in [5.41, 5.74) is 0. The summed E-state index contributed by atoms with van der Waals surface area (Å²) in [6.45, 7) is 2.24. The Hall–Kier alpha value is -1.57. The number of hydrogen-bond donors (Lipinski definition) is 3. The average molecular weight is 456 g/mol. The Morgan fingerprint density at radius 1 is 0.867 bits per heavy atom. The maximum atomic E-state index is 11.7. The molecule has 0 saturated carbocycles. The maximum Gasteiger partial charge on any atom is 0.322 e. The third kappa shape index (κ3) is 18.5. The molecular weight excluding hydrogens is 418 g/mol. The first-order valence-corrected chi connectivity index (χ1v) is 12.8.